The van der Waals surface area contributed by atoms with Crippen LogP contribution in [0.2, 0.25) is 0 Å². The average Bonchev–Trinajstić information content (AvgIpc) is 3.06. The fourth-order valence-electron chi connectivity index (χ4n) is 2.59. The first kappa shape index (κ1) is 17.2. The number of hydrogen-bond acceptors (Lipinski definition) is 6. The number of nitrogens with zero attached hydrogens (tertiary/aromatic N) is 3. The number of aryl methyl sites for hydroxylation is 1. The Balaban J connectivity index is 1.86. The second-order valence-electron chi connectivity index (χ2n) is 5.61. The molecule has 3 rings (SSSR count). The van der Waals surface area contributed by atoms with Crippen molar-refractivity contribution >= 4 is 17.4 Å². The van der Waals surface area contributed by atoms with Crippen LogP contribution >= 0.6 is 11.8 Å². The van der Waals surface area contributed by atoms with Gasteiger partial charge >= 0.3 is 0 Å². The first-order chi connectivity index (χ1) is 12.1. The van der Waals surface area contributed by atoms with Crippen LogP contribution in [0.3, 0.4) is 0 Å². The predicted octanol–water partition coefficient (Wildman–Crippen LogP) is 4.98. The van der Waals surface area contributed by atoms with Gasteiger partial charge in [-0.3, -0.25) is 10.1 Å². The number of hydrogen-bond donors (Lipinski definition) is 0. The molecule has 1 atom stereocenters. The zero-order chi connectivity index (χ0) is 17.8. The van der Waals surface area contributed by atoms with Gasteiger partial charge in [-0.1, -0.05) is 43.3 Å². The van der Waals surface area contributed by atoms with E-state index in [1.54, 1.807) is 12.1 Å². The van der Waals surface area contributed by atoms with Crippen molar-refractivity contribution in [2.45, 2.75) is 36.3 Å². The van der Waals surface area contributed by atoms with Crippen LogP contribution in [0.5, 0.6) is 0 Å². The minimum absolute atomic E-state index is 0.0102. The van der Waals surface area contributed by atoms with Gasteiger partial charge in [0.1, 0.15) is 0 Å². The second-order valence-corrected chi connectivity index (χ2v) is 6.60. The molecule has 1 aromatic heterocycles. The summed E-state index contributed by atoms with van der Waals surface area (Å²) in [6.45, 7) is 3.87. The molecule has 2 aromatic carbocycles. The van der Waals surface area contributed by atoms with E-state index in [9.17, 15) is 10.1 Å². The number of aromatic nitrogens is 2. The van der Waals surface area contributed by atoms with Gasteiger partial charge in [0.25, 0.3) is 10.9 Å². The van der Waals surface area contributed by atoms with Gasteiger partial charge in [-0.05, 0) is 42.3 Å². The molecule has 1 heterocycles. The fraction of sp³-hybridized carbons (Fsp3) is 0.222. The zero-order valence-electron chi connectivity index (χ0n) is 13.9. The van der Waals surface area contributed by atoms with E-state index in [4.69, 9.17) is 4.42 Å². The van der Waals surface area contributed by atoms with E-state index < -0.39 is 4.92 Å². The Morgan fingerprint density at radius 3 is 2.64 bits per heavy atom. The molecule has 0 fully saturated rings. The van der Waals surface area contributed by atoms with Crippen molar-refractivity contribution in [1.29, 1.82) is 0 Å². The second kappa shape index (κ2) is 7.48. The van der Waals surface area contributed by atoms with Crippen LogP contribution < -0.4 is 0 Å². The van der Waals surface area contributed by atoms with Gasteiger partial charge in [-0.15, -0.1) is 10.2 Å². The monoisotopic (exact) mass is 355 g/mol. The normalized spacial score (nSPS) is 12.1. The molecular weight excluding hydrogens is 338 g/mol. The van der Waals surface area contributed by atoms with Crippen LogP contribution in [0.1, 0.15) is 36.3 Å². The lowest BCUT2D eigenvalue weighted by Gasteiger charge is -2.10. The highest BCUT2D eigenvalue weighted by molar-refractivity contribution is 7.99. The Bertz CT molecular complexity index is 880. The summed E-state index contributed by atoms with van der Waals surface area (Å²) >= 11 is 1.11. The zero-order valence-corrected chi connectivity index (χ0v) is 14.7. The first-order valence-corrected chi connectivity index (χ1v) is 8.71. The van der Waals surface area contributed by atoms with E-state index in [1.807, 2.05) is 43.3 Å². The summed E-state index contributed by atoms with van der Waals surface area (Å²) in [5.41, 5.74) is 1.98. The van der Waals surface area contributed by atoms with Gasteiger partial charge < -0.3 is 4.42 Å². The third-order valence-electron chi connectivity index (χ3n) is 3.84. The maximum atomic E-state index is 11.2. The summed E-state index contributed by atoms with van der Waals surface area (Å²) in [6, 6.07) is 15.0. The Labute approximate surface area is 149 Å². The molecule has 1 unspecified atom stereocenters. The van der Waals surface area contributed by atoms with Crippen LogP contribution in [0.4, 0.5) is 5.69 Å². The number of nitro benzene ring substituents is 1. The van der Waals surface area contributed by atoms with Crippen LogP contribution in [-0.4, -0.2) is 15.1 Å². The lowest BCUT2D eigenvalue weighted by Crippen LogP contribution is -1.99. The molecule has 0 aliphatic rings. The molecule has 0 aliphatic carbocycles. The Morgan fingerprint density at radius 2 is 1.96 bits per heavy atom. The van der Waals surface area contributed by atoms with Gasteiger partial charge in [0.15, 0.2) is 0 Å². The summed E-state index contributed by atoms with van der Waals surface area (Å²) in [4.78, 5) is 11.3. The van der Waals surface area contributed by atoms with Gasteiger partial charge in [0, 0.05) is 6.07 Å². The maximum Gasteiger partial charge on any atom is 0.283 e. The first-order valence-electron chi connectivity index (χ1n) is 7.89. The molecule has 0 amide bonds. The topological polar surface area (TPSA) is 82.1 Å². The van der Waals surface area contributed by atoms with Gasteiger partial charge in [0.05, 0.1) is 15.7 Å². The van der Waals surface area contributed by atoms with Crippen molar-refractivity contribution in [2.75, 3.05) is 0 Å². The van der Waals surface area contributed by atoms with E-state index in [2.05, 4.69) is 17.1 Å². The third kappa shape index (κ3) is 3.88. The molecule has 25 heavy (non-hydrogen) atoms. The summed E-state index contributed by atoms with van der Waals surface area (Å²) in [5.74, 6) is 0.530. The fourth-order valence-corrected chi connectivity index (χ4v) is 3.36. The van der Waals surface area contributed by atoms with Crippen LogP contribution in [0, 0.1) is 17.0 Å². The molecule has 128 valence electrons. The number of benzene rings is 2. The molecule has 0 saturated heterocycles. The highest BCUT2D eigenvalue weighted by Crippen LogP contribution is 2.36. The van der Waals surface area contributed by atoms with Crippen LogP contribution in [0.15, 0.2) is 63.1 Å². The summed E-state index contributed by atoms with van der Waals surface area (Å²) in [6.07, 6.45) is 0.820. The molecule has 0 bridgehead atoms. The van der Waals surface area contributed by atoms with Crippen molar-refractivity contribution < 1.29 is 9.34 Å². The molecule has 0 spiro atoms. The highest BCUT2D eigenvalue weighted by Gasteiger charge is 2.21. The SMILES string of the molecule is CCC(c1ccccc1)c1nnc(Sc2ccc(C)cc2[N+](=O)[O-])o1. The van der Waals surface area contributed by atoms with E-state index in [1.165, 1.54) is 0 Å². The maximum absolute atomic E-state index is 11.2. The van der Waals surface area contributed by atoms with Gasteiger partial charge in [0.2, 0.25) is 5.89 Å². The molecule has 0 N–H and O–H groups in total. The van der Waals surface area contributed by atoms with Crippen molar-refractivity contribution in [3.8, 4) is 0 Å². The molecule has 7 heteroatoms. The van der Waals surface area contributed by atoms with E-state index in [-0.39, 0.29) is 11.6 Å². The largest absolute Gasteiger partial charge is 0.415 e. The van der Waals surface area contributed by atoms with Crippen LogP contribution in [0.25, 0.3) is 0 Å². The molecule has 0 saturated carbocycles. The molecular formula is C18H17N3O3S. The lowest BCUT2D eigenvalue weighted by molar-refractivity contribution is -0.387. The van der Waals surface area contributed by atoms with Crippen molar-refractivity contribution in [3.05, 3.63) is 75.7 Å². The predicted molar refractivity (Wildman–Crippen MR) is 94.8 cm³/mol. The van der Waals surface area contributed by atoms with Crippen molar-refractivity contribution in [3.63, 3.8) is 0 Å². The quantitative estimate of drug-likeness (QED) is 0.458. The van der Waals surface area contributed by atoms with E-state index in [0.29, 0.717) is 16.0 Å². The average molecular weight is 355 g/mol. The molecule has 0 aliphatic heterocycles. The third-order valence-corrected chi connectivity index (χ3v) is 4.74. The Morgan fingerprint density at radius 1 is 1.20 bits per heavy atom. The Kier molecular flexibility index (Phi) is 5.14. The summed E-state index contributed by atoms with van der Waals surface area (Å²) in [7, 11) is 0. The van der Waals surface area contributed by atoms with Gasteiger partial charge in [-0.25, -0.2) is 0 Å². The summed E-state index contributed by atoms with van der Waals surface area (Å²) < 4.78 is 5.78. The van der Waals surface area contributed by atoms with E-state index >= 15 is 0 Å². The highest BCUT2D eigenvalue weighted by atomic mass is 32.2. The minimum atomic E-state index is -0.397. The molecule has 3 aromatic rings. The van der Waals surface area contributed by atoms with Gasteiger partial charge in [-0.2, -0.15) is 0 Å². The molecule has 0 radical (unpaired) electrons. The number of rotatable bonds is 6. The Hall–Kier alpha value is -2.67. The lowest BCUT2D eigenvalue weighted by atomic mass is 9.97. The smallest absolute Gasteiger partial charge is 0.283 e. The van der Waals surface area contributed by atoms with Crippen molar-refractivity contribution in [2.24, 2.45) is 0 Å². The number of nitro groups is 1. The van der Waals surface area contributed by atoms with Crippen LogP contribution in [-0.2, 0) is 0 Å². The van der Waals surface area contributed by atoms with E-state index in [0.717, 1.165) is 29.3 Å². The minimum Gasteiger partial charge on any atom is -0.415 e. The molecule has 6 nitrogen and oxygen atoms in total. The standard InChI is InChI=1S/C18H17N3O3S/c1-3-14(13-7-5-4-6-8-13)17-19-20-18(24-17)25-16-10-9-12(2)11-15(16)21(22)23/h4-11,14H,3H2,1-2H3. The summed E-state index contributed by atoms with van der Waals surface area (Å²) in [5, 5.41) is 19.7. The van der Waals surface area contributed by atoms with Crippen molar-refractivity contribution in [1.82, 2.24) is 10.2 Å².